The Morgan fingerprint density at radius 3 is 2.74 bits per heavy atom. The summed E-state index contributed by atoms with van der Waals surface area (Å²) in [5.74, 6) is 0.974. The quantitative estimate of drug-likeness (QED) is 0.578. The maximum atomic E-state index is 12.2. The normalized spacial score (nSPS) is 10.4. The number of ether oxygens (including phenoxy) is 1. The van der Waals surface area contributed by atoms with Crippen LogP contribution in [0.25, 0.3) is 0 Å². The largest absolute Gasteiger partial charge is 0.495 e. The van der Waals surface area contributed by atoms with Gasteiger partial charge in [-0.3, -0.25) is 10.3 Å². The molecule has 0 bridgehead atoms. The molecule has 3 N–H and O–H groups in total. The zero-order valence-corrected chi connectivity index (χ0v) is 16.0. The van der Waals surface area contributed by atoms with E-state index in [-0.39, 0.29) is 0 Å². The summed E-state index contributed by atoms with van der Waals surface area (Å²) in [5, 5.41) is 10.9. The molecule has 27 heavy (non-hydrogen) atoms. The number of hydrogen-bond acceptors (Lipinski definition) is 6. The fraction of sp³-hybridized carbons (Fsp3) is 0.211. The van der Waals surface area contributed by atoms with Crippen molar-refractivity contribution in [1.29, 1.82) is 0 Å². The van der Waals surface area contributed by atoms with Gasteiger partial charge in [-0.15, -0.1) is 11.3 Å². The molecule has 2 amide bonds. The second kappa shape index (κ2) is 9.11. The van der Waals surface area contributed by atoms with E-state index in [1.807, 2.05) is 31.2 Å². The Hall–Kier alpha value is -2.97. The number of urea groups is 1. The number of aryl methyl sites for hydroxylation is 1. The summed E-state index contributed by atoms with van der Waals surface area (Å²) in [6.45, 7) is 3.36. The zero-order valence-electron chi connectivity index (χ0n) is 15.2. The molecule has 0 spiro atoms. The van der Waals surface area contributed by atoms with Gasteiger partial charge in [-0.05, 0) is 36.1 Å². The predicted molar refractivity (Wildman–Crippen MR) is 107 cm³/mol. The summed E-state index contributed by atoms with van der Waals surface area (Å²) in [6.07, 6.45) is 3.10. The Kier molecular flexibility index (Phi) is 6.35. The zero-order chi connectivity index (χ0) is 19.1. The molecule has 2 aromatic heterocycles. The van der Waals surface area contributed by atoms with Gasteiger partial charge in [-0.25, -0.2) is 9.78 Å². The molecule has 0 radical (unpaired) electrons. The molecule has 1 aromatic carbocycles. The molecule has 0 saturated carbocycles. The predicted octanol–water partition coefficient (Wildman–Crippen LogP) is 3.79. The van der Waals surface area contributed by atoms with E-state index in [0.29, 0.717) is 23.8 Å². The molecule has 3 rings (SSSR count). The van der Waals surface area contributed by atoms with Gasteiger partial charge >= 0.3 is 6.03 Å². The smallest absolute Gasteiger partial charge is 0.324 e. The molecule has 0 fully saturated rings. The van der Waals surface area contributed by atoms with Gasteiger partial charge in [-0.2, -0.15) is 0 Å². The number of nitrogens with one attached hydrogen (secondary N) is 3. The average molecular weight is 383 g/mol. The topological polar surface area (TPSA) is 88.2 Å². The molecule has 0 aliphatic heterocycles. The highest BCUT2D eigenvalue weighted by atomic mass is 32.1. The molecule has 2 heterocycles. The summed E-state index contributed by atoms with van der Waals surface area (Å²) in [4.78, 5) is 21.6. The summed E-state index contributed by atoms with van der Waals surface area (Å²) < 4.78 is 5.41. The minimum atomic E-state index is -0.407. The number of carbonyl (C=O) groups excluding carboxylic acids is 1. The van der Waals surface area contributed by atoms with Gasteiger partial charge in [0, 0.05) is 18.0 Å². The molecular formula is C19H21N5O2S. The van der Waals surface area contributed by atoms with Gasteiger partial charge in [0.1, 0.15) is 5.75 Å². The van der Waals surface area contributed by atoms with Crippen molar-refractivity contribution < 1.29 is 9.53 Å². The summed E-state index contributed by atoms with van der Waals surface area (Å²) in [5.41, 5.74) is 2.43. The van der Waals surface area contributed by atoms with Crippen LogP contribution >= 0.6 is 11.3 Å². The lowest BCUT2D eigenvalue weighted by molar-refractivity contribution is 0.262. The van der Waals surface area contributed by atoms with Crippen LogP contribution in [0.5, 0.6) is 5.75 Å². The number of rotatable bonds is 7. The lowest BCUT2D eigenvalue weighted by Crippen LogP contribution is -2.20. The van der Waals surface area contributed by atoms with Crippen molar-refractivity contribution in [2.45, 2.75) is 20.0 Å². The fourth-order valence-corrected chi connectivity index (χ4v) is 3.09. The second-order valence-electron chi connectivity index (χ2n) is 5.84. The Bertz CT molecular complexity index is 882. The van der Waals surface area contributed by atoms with E-state index in [9.17, 15) is 4.79 Å². The van der Waals surface area contributed by atoms with Crippen molar-refractivity contribution in [2.24, 2.45) is 0 Å². The number of methoxy groups -OCH3 is 1. The van der Waals surface area contributed by atoms with Crippen molar-refractivity contribution in [3.63, 3.8) is 0 Å². The van der Waals surface area contributed by atoms with Crippen LogP contribution in [-0.2, 0) is 13.1 Å². The first kappa shape index (κ1) is 18.8. The van der Waals surface area contributed by atoms with Crippen molar-refractivity contribution in [1.82, 2.24) is 15.3 Å². The number of benzene rings is 1. The highest BCUT2D eigenvalue weighted by Crippen LogP contribution is 2.26. The van der Waals surface area contributed by atoms with Crippen molar-refractivity contribution in [3.8, 4) is 5.75 Å². The van der Waals surface area contributed by atoms with Crippen LogP contribution in [0.1, 0.15) is 16.1 Å². The maximum Gasteiger partial charge on any atom is 0.324 e. The van der Waals surface area contributed by atoms with Crippen LogP contribution in [0, 0.1) is 6.92 Å². The third-order valence-corrected chi connectivity index (χ3v) is 4.62. The highest BCUT2D eigenvalue weighted by Gasteiger charge is 2.09. The Balaban J connectivity index is 1.58. The van der Waals surface area contributed by atoms with E-state index in [2.05, 4.69) is 37.4 Å². The van der Waals surface area contributed by atoms with Crippen LogP contribution in [0.2, 0.25) is 0 Å². The second-order valence-corrected chi connectivity index (χ2v) is 6.87. The third kappa shape index (κ3) is 5.50. The van der Waals surface area contributed by atoms with Gasteiger partial charge in [0.2, 0.25) is 0 Å². The van der Waals surface area contributed by atoms with E-state index in [1.165, 1.54) is 11.1 Å². The fourth-order valence-electron chi connectivity index (χ4n) is 2.42. The molecule has 3 aromatic rings. The molecule has 0 unspecified atom stereocenters. The molecule has 7 nitrogen and oxygen atoms in total. The van der Waals surface area contributed by atoms with E-state index in [4.69, 9.17) is 4.74 Å². The maximum absolute atomic E-state index is 12.2. The lowest BCUT2D eigenvalue weighted by atomic mass is 10.2. The number of thiophene rings is 1. The number of hydrogen-bond donors (Lipinski definition) is 3. The Morgan fingerprint density at radius 2 is 2.04 bits per heavy atom. The Morgan fingerprint density at radius 1 is 1.15 bits per heavy atom. The summed E-state index contributed by atoms with van der Waals surface area (Å²) in [7, 11) is 1.58. The van der Waals surface area contributed by atoms with Crippen LogP contribution < -0.4 is 20.7 Å². The van der Waals surface area contributed by atoms with Crippen LogP contribution in [0.4, 0.5) is 16.3 Å². The first-order valence-electron chi connectivity index (χ1n) is 8.40. The van der Waals surface area contributed by atoms with Gasteiger partial charge in [-0.1, -0.05) is 12.1 Å². The molecule has 0 atom stereocenters. The van der Waals surface area contributed by atoms with Crippen molar-refractivity contribution >= 4 is 28.9 Å². The van der Waals surface area contributed by atoms with Crippen LogP contribution in [-0.4, -0.2) is 23.1 Å². The third-order valence-electron chi connectivity index (χ3n) is 3.75. The number of nitrogens with zero attached hydrogens (tertiary/aromatic N) is 2. The SMILES string of the molecule is COc1cc(CNCc2cccs2)ccc1NC(=O)Nc1cnc(C)cn1. The van der Waals surface area contributed by atoms with Crippen LogP contribution in [0.3, 0.4) is 0 Å². The summed E-state index contributed by atoms with van der Waals surface area (Å²) in [6, 6.07) is 9.41. The van der Waals surface area contributed by atoms with E-state index in [0.717, 1.165) is 17.8 Å². The number of aromatic nitrogens is 2. The van der Waals surface area contributed by atoms with Gasteiger partial charge in [0.05, 0.1) is 30.9 Å². The van der Waals surface area contributed by atoms with E-state index < -0.39 is 6.03 Å². The molecule has 0 saturated heterocycles. The standard InChI is InChI=1S/C19H21N5O2S/c1-13-9-22-18(12-21-13)24-19(25)23-16-6-5-14(8-17(16)26-2)10-20-11-15-4-3-7-27-15/h3-9,12,20H,10-11H2,1-2H3,(H2,22,23,24,25). The van der Waals surface area contributed by atoms with Crippen molar-refractivity contribution in [3.05, 3.63) is 64.2 Å². The first-order valence-corrected chi connectivity index (χ1v) is 9.28. The number of amides is 2. The van der Waals surface area contributed by atoms with E-state index in [1.54, 1.807) is 24.6 Å². The van der Waals surface area contributed by atoms with Crippen molar-refractivity contribution in [2.75, 3.05) is 17.7 Å². The first-order chi connectivity index (χ1) is 13.1. The molecular weight excluding hydrogens is 362 g/mol. The lowest BCUT2D eigenvalue weighted by Gasteiger charge is -2.13. The molecule has 0 aliphatic carbocycles. The molecule has 140 valence electrons. The van der Waals surface area contributed by atoms with E-state index >= 15 is 0 Å². The van der Waals surface area contributed by atoms with Gasteiger partial charge in [0.15, 0.2) is 5.82 Å². The van der Waals surface area contributed by atoms with Gasteiger partial charge < -0.3 is 15.4 Å². The number of carbonyl (C=O) groups is 1. The Labute approximate surface area is 161 Å². The monoisotopic (exact) mass is 383 g/mol. The van der Waals surface area contributed by atoms with Gasteiger partial charge in [0.25, 0.3) is 0 Å². The minimum Gasteiger partial charge on any atom is -0.495 e. The minimum absolute atomic E-state index is 0.381. The highest BCUT2D eigenvalue weighted by molar-refractivity contribution is 7.09. The van der Waals surface area contributed by atoms with Crippen LogP contribution in [0.15, 0.2) is 48.1 Å². The molecule has 8 heteroatoms. The molecule has 0 aliphatic rings. The average Bonchev–Trinajstić information content (AvgIpc) is 3.18. The summed E-state index contributed by atoms with van der Waals surface area (Å²) >= 11 is 1.73. The number of anilines is 2.